The van der Waals surface area contributed by atoms with Gasteiger partial charge in [0, 0.05) is 24.4 Å². The van der Waals surface area contributed by atoms with Crippen LogP contribution < -0.4 is 5.73 Å². The van der Waals surface area contributed by atoms with E-state index in [1.807, 2.05) is 0 Å². The summed E-state index contributed by atoms with van der Waals surface area (Å²) in [6.07, 6.45) is -2.19. The highest BCUT2D eigenvalue weighted by atomic mass is 19.4. The van der Waals surface area contributed by atoms with E-state index in [0.29, 0.717) is 0 Å². The van der Waals surface area contributed by atoms with Gasteiger partial charge in [-0.1, -0.05) is 13.8 Å². The van der Waals surface area contributed by atoms with Crippen molar-refractivity contribution < 1.29 is 13.2 Å². The lowest BCUT2D eigenvalue weighted by molar-refractivity contribution is -0.139. The van der Waals surface area contributed by atoms with Crippen LogP contribution in [0.1, 0.15) is 25.0 Å². The number of halogens is 3. The number of alkyl halides is 3. The summed E-state index contributed by atoms with van der Waals surface area (Å²) in [4.78, 5) is 3.50. The highest BCUT2D eigenvalue weighted by Gasteiger charge is 2.37. The summed E-state index contributed by atoms with van der Waals surface area (Å²) in [5, 5.41) is 0. The van der Waals surface area contributed by atoms with Crippen LogP contribution >= 0.6 is 0 Å². The average molecular weight is 218 g/mol. The number of aromatic nitrogens is 1. The lowest BCUT2D eigenvalue weighted by Gasteiger charge is -2.26. The molecule has 0 atom stereocenters. The first-order chi connectivity index (χ1) is 6.79. The molecule has 1 aromatic rings. The number of rotatable bonds is 2. The van der Waals surface area contributed by atoms with Gasteiger partial charge in [0.2, 0.25) is 0 Å². The quantitative estimate of drug-likeness (QED) is 0.827. The number of hydrogen-bond donors (Lipinski definition) is 1. The van der Waals surface area contributed by atoms with Crippen LogP contribution in [0.4, 0.5) is 13.2 Å². The molecule has 0 saturated heterocycles. The van der Waals surface area contributed by atoms with Crippen molar-refractivity contribution in [2.75, 3.05) is 6.54 Å². The largest absolute Gasteiger partial charge is 0.418 e. The van der Waals surface area contributed by atoms with E-state index < -0.39 is 17.2 Å². The van der Waals surface area contributed by atoms with Gasteiger partial charge in [0.05, 0.1) is 5.56 Å². The molecule has 0 saturated carbocycles. The zero-order valence-electron chi connectivity index (χ0n) is 8.60. The fourth-order valence-corrected chi connectivity index (χ4v) is 1.32. The SMILES string of the molecule is CC(C)(CN)c1ccncc1C(F)(F)F. The lowest BCUT2D eigenvalue weighted by atomic mass is 9.82. The first kappa shape index (κ1) is 12.0. The third-order valence-corrected chi connectivity index (χ3v) is 2.37. The van der Waals surface area contributed by atoms with Crippen molar-refractivity contribution in [3.8, 4) is 0 Å². The van der Waals surface area contributed by atoms with E-state index in [9.17, 15) is 13.2 Å². The van der Waals surface area contributed by atoms with E-state index >= 15 is 0 Å². The molecule has 1 heterocycles. The minimum Gasteiger partial charge on any atom is -0.330 e. The monoisotopic (exact) mass is 218 g/mol. The molecule has 0 aromatic carbocycles. The Balaban J connectivity index is 3.31. The van der Waals surface area contributed by atoms with Gasteiger partial charge < -0.3 is 5.73 Å². The minimum absolute atomic E-state index is 0.153. The minimum atomic E-state index is -4.38. The van der Waals surface area contributed by atoms with Gasteiger partial charge in [-0.3, -0.25) is 4.98 Å². The Labute approximate surface area is 86.3 Å². The zero-order valence-corrected chi connectivity index (χ0v) is 8.60. The summed E-state index contributed by atoms with van der Waals surface area (Å²) in [6.45, 7) is 3.51. The molecule has 0 amide bonds. The maximum absolute atomic E-state index is 12.6. The topological polar surface area (TPSA) is 38.9 Å². The van der Waals surface area contributed by atoms with Crippen molar-refractivity contribution in [1.29, 1.82) is 0 Å². The first-order valence-corrected chi connectivity index (χ1v) is 4.51. The molecule has 0 unspecified atom stereocenters. The normalized spacial score (nSPS) is 12.9. The second kappa shape index (κ2) is 3.81. The summed E-state index contributed by atoms with van der Waals surface area (Å²) in [6, 6.07) is 1.37. The summed E-state index contributed by atoms with van der Waals surface area (Å²) < 4.78 is 37.9. The van der Waals surface area contributed by atoms with Gasteiger partial charge in [-0.05, 0) is 11.6 Å². The molecular weight excluding hydrogens is 205 g/mol. The zero-order chi connectivity index (χ0) is 11.7. The third-order valence-electron chi connectivity index (χ3n) is 2.37. The van der Waals surface area contributed by atoms with Gasteiger partial charge in [-0.25, -0.2) is 0 Å². The van der Waals surface area contributed by atoms with E-state index in [1.54, 1.807) is 13.8 Å². The Morgan fingerprint density at radius 3 is 2.33 bits per heavy atom. The molecule has 0 fully saturated rings. The summed E-state index contributed by atoms with van der Waals surface area (Å²) in [5.74, 6) is 0. The molecule has 0 radical (unpaired) electrons. The van der Waals surface area contributed by atoms with Gasteiger partial charge in [0.15, 0.2) is 0 Å². The van der Waals surface area contributed by atoms with Crippen LogP contribution in [-0.4, -0.2) is 11.5 Å². The highest BCUT2D eigenvalue weighted by Crippen LogP contribution is 2.36. The molecule has 15 heavy (non-hydrogen) atoms. The van der Waals surface area contributed by atoms with Gasteiger partial charge in [0.25, 0.3) is 0 Å². The van der Waals surface area contributed by atoms with Crippen LogP contribution in [0.25, 0.3) is 0 Å². The molecule has 0 aliphatic heterocycles. The van der Waals surface area contributed by atoms with Crippen molar-refractivity contribution in [1.82, 2.24) is 4.98 Å². The Kier molecular flexibility index (Phi) is 3.04. The van der Waals surface area contributed by atoms with Crippen LogP contribution in [0.3, 0.4) is 0 Å². The van der Waals surface area contributed by atoms with Gasteiger partial charge in [0.1, 0.15) is 0 Å². The number of nitrogens with two attached hydrogens (primary N) is 1. The fraction of sp³-hybridized carbons (Fsp3) is 0.500. The maximum atomic E-state index is 12.6. The van der Waals surface area contributed by atoms with Crippen LogP contribution in [-0.2, 0) is 11.6 Å². The van der Waals surface area contributed by atoms with Crippen LogP contribution in [0.5, 0.6) is 0 Å². The van der Waals surface area contributed by atoms with E-state index in [0.717, 1.165) is 6.20 Å². The van der Waals surface area contributed by atoms with Crippen molar-refractivity contribution in [3.05, 3.63) is 29.6 Å². The van der Waals surface area contributed by atoms with Gasteiger partial charge >= 0.3 is 6.18 Å². The molecule has 2 nitrogen and oxygen atoms in total. The molecule has 0 spiro atoms. The number of hydrogen-bond acceptors (Lipinski definition) is 2. The fourth-order valence-electron chi connectivity index (χ4n) is 1.32. The standard InChI is InChI=1S/C10H13F3N2/c1-9(2,6-14)7-3-4-15-5-8(7)10(11,12)13/h3-5H,6,14H2,1-2H3. The molecule has 2 N–H and O–H groups in total. The Morgan fingerprint density at radius 1 is 1.27 bits per heavy atom. The number of pyridine rings is 1. The van der Waals surface area contributed by atoms with Crippen molar-refractivity contribution >= 4 is 0 Å². The van der Waals surface area contributed by atoms with Crippen LogP contribution in [0.15, 0.2) is 18.5 Å². The molecule has 84 valence electrons. The molecule has 0 bridgehead atoms. The first-order valence-electron chi connectivity index (χ1n) is 4.51. The van der Waals surface area contributed by atoms with Crippen molar-refractivity contribution in [2.24, 2.45) is 5.73 Å². The smallest absolute Gasteiger partial charge is 0.330 e. The predicted octanol–water partition coefficient (Wildman–Crippen LogP) is 2.34. The molecular formula is C10H13F3N2. The predicted molar refractivity (Wildman–Crippen MR) is 51.3 cm³/mol. The van der Waals surface area contributed by atoms with E-state index in [4.69, 9.17) is 5.73 Å². The molecule has 5 heteroatoms. The molecule has 1 rings (SSSR count). The third kappa shape index (κ3) is 2.47. The number of nitrogens with zero attached hydrogens (tertiary/aromatic N) is 1. The lowest BCUT2D eigenvalue weighted by Crippen LogP contribution is -2.31. The summed E-state index contributed by atoms with van der Waals surface area (Å²) in [5.41, 5.74) is 4.24. The van der Waals surface area contributed by atoms with Crippen LogP contribution in [0, 0.1) is 0 Å². The van der Waals surface area contributed by atoms with Gasteiger partial charge in [-0.2, -0.15) is 13.2 Å². The molecule has 1 aromatic heterocycles. The van der Waals surface area contributed by atoms with Crippen LogP contribution in [0.2, 0.25) is 0 Å². The Hall–Kier alpha value is -1.10. The molecule has 0 aliphatic carbocycles. The average Bonchev–Trinajstić information content (AvgIpc) is 2.16. The van der Waals surface area contributed by atoms with E-state index in [1.165, 1.54) is 12.3 Å². The Bertz CT molecular complexity index is 345. The second-order valence-electron chi connectivity index (χ2n) is 4.01. The van der Waals surface area contributed by atoms with E-state index in [-0.39, 0.29) is 12.1 Å². The van der Waals surface area contributed by atoms with Gasteiger partial charge in [-0.15, -0.1) is 0 Å². The van der Waals surface area contributed by atoms with Crippen molar-refractivity contribution in [2.45, 2.75) is 25.4 Å². The Morgan fingerprint density at radius 2 is 1.87 bits per heavy atom. The van der Waals surface area contributed by atoms with Crippen molar-refractivity contribution in [3.63, 3.8) is 0 Å². The second-order valence-corrected chi connectivity index (χ2v) is 4.01. The highest BCUT2D eigenvalue weighted by molar-refractivity contribution is 5.33. The molecule has 0 aliphatic rings. The summed E-state index contributed by atoms with van der Waals surface area (Å²) >= 11 is 0. The maximum Gasteiger partial charge on any atom is 0.418 e. The summed E-state index contributed by atoms with van der Waals surface area (Å²) in [7, 11) is 0. The van der Waals surface area contributed by atoms with E-state index in [2.05, 4.69) is 4.98 Å².